The fourth-order valence-electron chi connectivity index (χ4n) is 9.42. The number of fused-ring (bicyclic) bond motifs is 5. The van der Waals surface area contributed by atoms with Crippen LogP contribution in [0.5, 0.6) is 0 Å². The largest absolute Gasteiger partial charge is 0.454 e. The summed E-state index contributed by atoms with van der Waals surface area (Å²) >= 11 is 13.0. The van der Waals surface area contributed by atoms with Crippen LogP contribution in [0, 0.1) is 11.2 Å². The second-order valence-corrected chi connectivity index (χ2v) is 15.0. The lowest BCUT2D eigenvalue weighted by Gasteiger charge is -2.57. The Morgan fingerprint density at radius 1 is 0.891 bits per heavy atom. The number of pyridine rings is 1. The number of halogens is 3. The monoisotopic (exact) mass is 655 g/mol. The zero-order valence-electron chi connectivity index (χ0n) is 25.9. The molecule has 8 rings (SSSR count). The van der Waals surface area contributed by atoms with Crippen LogP contribution in [0.3, 0.4) is 0 Å². The molecule has 0 bridgehead atoms. The highest BCUT2D eigenvalue weighted by atomic mass is 35.5. The van der Waals surface area contributed by atoms with E-state index >= 15 is 4.39 Å². The van der Waals surface area contributed by atoms with E-state index in [-0.39, 0.29) is 22.6 Å². The molecule has 5 nitrogen and oxygen atoms in total. The highest BCUT2D eigenvalue weighted by molar-refractivity contribution is 6.31. The van der Waals surface area contributed by atoms with Crippen LogP contribution in [0.15, 0.2) is 91.1 Å². The molecule has 3 aliphatic heterocycles. The quantitative estimate of drug-likeness (QED) is 0.176. The SMILES string of the molecule is CC1(C)CCC2(CC1)N1[C@H](c3ccccc3)[C@H](c3ccccc3)OC(=O)[C@H]1[C@H](c1ccnc(Cl)c1F)[C@@]21CNc2cc(Cl)ccc21. The van der Waals surface area contributed by atoms with Crippen molar-refractivity contribution in [3.63, 3.8) is 0 Å². The molecule has 4 heterocycles. The topological polar surface area (TPSA) is 54.5 Å². The number of morpholine rings is 1. The molecule has 0 amide bonds. The van der Waals surface area contributed by atoms with Gasteiger partial charge in [-0.25, -0.2) is 9.37 Å². The van der Waals surface area contributed by atoms with Gasteiger partial charge in [0.25, 0.3) is 0 Å². The summed E-state index contributed by atoms with van der Waals surface area (Å²) in [5.41, 5.74) is 3.23. The van der Waals surface area contributed by atoms with Crippen LogP contribution in [0.1, 0.15) is 79.8 Å². The van der Waals surface area contributed by atoms with Crippen LogP contribution in [-0.4, -0.2) is 34.0 Å². The van der Waals surface area contributed by atoms with Gasteiger partial charge in [-0.05, 0) is 71.6 Å². The van der Waals surface area contributed by atoms with Gasteiger partial charge in [0.2, 0.25) is 0 Å². The molecule has 2 saturated heterocycles. The number of esters is 1. The Morgan fingerprint density at radius 2 is 1.57 bits per heavy atom. The van der Waals surface area contributed by atoms with Gasteiger partial charge in [0.05, 0.1) is 6.04 Å². The van der Waals surface area contributed by atoms with Crippen molar-refractivity contribution in [2.75, 3.05) is 11.9 Å². The summed E-state index contributed by atoms with van der Waals surface area (Å²) in [5, 5.41) is 4.11. The first-order chi connectivity index (χ1) is 22.2. The number of cyclic esters (lactones) is 1. The van der Waals surface area contributed by atoms with Crippen molar-refractivity contribution in [2.45, 2.75) is 74.6 Å². The maximum atomic E-state index is 16.4. The Balaban J connectivity index is 1.46. The summed E-state index contributed by atoms with van der Waals surface area (Å²) in [5.74, 6) is -1.54. The van der Waals surface area contributed by atoms with Crippen molar-refractivity contribution in [1.29, 1.82) is 0 Å². The van der Waals surface area contributed by atoms with Crippen LogP contribution >= 0.6 is 23.2 Å². The van der Waals surface area contributed by atoms with E-state index in [9.17, 15) is 4.79 Å². The van der Waals surface area contributed by atoms with Gasteiger partial charge in [-0.2, -0.15) is 0 Å². The smallest absolute Gasteiger partial charge is 0.324 e. The number of aromatic nitrogens is 1. The Labute approximate surface area is 279 Å². The fraction of sp³-hybridized carbons (Fsp3) is 0.368. The number of anilines is 1. The van der Waals surface area contributed by atoms with Crippen LogP contribution in [0.25, 0.3) is 0 Å². The zero-order valence-corrected chi connectivity index (χ0v) is 27.4. The number of carbonyl (C=O) groups is 1. The van der Waals surface area contributed by atoms with Crippen molar-refractivity contribution in [3.05, 3.63) is 129 Å². The molecule has 1 N–H and O–H groups in total. The summed E-state index contributed by atoms with van der Waals surface area (Å²) in [4.78, 5) is 21.3. The lowest BCUT2D eigenvalue weighted by atomic mass is 9.53. The summed E-state index contributed by atoms with van der Waals surface area (Å²) in [6.45, 7) is 5.17. The van der Waals surface area contributed by atoms with E-state index in [1.54, 1.807) is 12.3 Å². The predicted molar refractivity (Wildman–Crippen MR) is 179 cm³/mol. The van der Waals surface area contributed by atoms with Gasteiger partial charge in [0, 0.05) is 40.3 Å². The normalized spacial score (nSPS) is 29.3. The van der Waals surface area contributed by atoms with Gasteiger partial charge in [0.15, 0.2) is 11.0 Å². The molecule has 46 heavy (non-hydrogen) atoms. The Kier molecular flexibility index (Phi) is 7.02. The summed E-state index contributed by atoms with van der Waals surface area (Å²) in [7, 11) is 0. The van der Waals surface area contributed by atoms with Crippen LogP contribution < -0.4 is 5.32 Å². The molecule has 0 radical (unpaired) electrons. The number of nitrogens with one attached hydrogen (secondary N) is 1. The first-order valence-electron chi connectivity index (χ1n) is 16.1. The molecule has 4 aromatic rings. The average Bonchev–Trinajstić information content (AvgIpc) is 3.55. The summed E-state index contributed by atoms with van der Waals surface area (Å²) in [6.07, 6.45) is 4.57. The van der Waals surface area contributed by atoms with E-state index in [4.69, 9.17) is 27.9 Å². The van der Waals surface area contributed by atoms with Gasteiger partial charge in [0.1, 0.15) is 12.1 Å². The maximum absolute atomic E-state index is 16.4. The predicted octanol–water partition coefficient (Wildman–Crippen LogP) is 9.04. The molecule has 2 spiro atoms. The number of hydrogen-bond acceptors (Lipinski definition) is 5. The molecule has 1 aromatic heterocycles. The maximum Gasteiger partial charge on any atom is 0.324 e. The molecular weight excluding hydrogens is 620 g/mol. The molecule has 3 aromatic carbocycles. The van der Waals surface area contributed by atoms with E-state index in [1.165, 1.54) is 0 Å². The van der Waals surface area contributed by atoms with Crippen molar-refractivity contribution < 1.29 is 13.9 Å². The lowest BCUT2D eigenvalue weighted by Crippen LogP contribution is -2.63. The van der Waals surface area contributed by atoms with Gasteiger partial charge in [-0.3, -0.25) is 9.69 Å². The number of hydrogen-bond donors (Lipinski definition) is 1. The number of ether oxygens (including phenoxy) is 1. The van der Waals surface area contributed by atoms with Gasteiger partial charge in [-0.15, -0.1) is 0 Å². The third-order valence-corrected chi connectivity index (χ3v) is 12.0. The van der Waals surface area contributed by atoms with E-state index in [2.05, 4.69) is 47.2 Å². The molecular formula is C38H36Cl2FN3O2. The van der Waals surface area contributed by atoms with Gasteiger partial charge < -0.3 is 10.1 Å². The van der Waals surface area contributed by atoms with Crippen molar-refractivity contribution in [1.82, 2.24) is 9.88 Å². The van der Waals surface area contributed by atoms with E-state index in [0.717, 1.165) is 48.1 Å². The molecule has 0 unspecified atom stereocenters. The van der Waals surface area contributed by atoms with E-state index in [1.807, 2.05) is 60.7 Å². The molecule has 1 saturated carbocycles. The Morgan fingerprint density at radius 3 is 2.26 bits per heavy atom. The minimum atomic E-state index is -0.775. The first-order valence-corrected chi connectivity index (χ1v) is 16.9. The second kappa shape index (κ2) is 10.8. The molecule has 236 valence electrons. The molecule has 8 heteroatoms. The minimum absolute atomic E-state index is 0.122. The number of rotatable bonds is 3. The highest BCUT2D eigenvalue weighted by Gasteiger charge is 2.75. The third kappa shape index (κ3) is 4.22. The van der Waals surface area contributed by atoms with E-state index < -0.39 is 34.8 Å². The van der Waals surface area contributed by atoms with Crippen molar-refractivity contribution in [3.8, 4) is 0 Å². The van der Waals surface area contributed by atoms with Gasteiger partial charge >= 0.3 is 5.97 Å². The van der Waals surface area contributed by atoms with Crippen LogP contribution in [0.2, 0.25) is 10.2 Å². The zero-order chi connectivity index (χ0) is 31.8. The molecule has 4 aliphatic rings. The average molecular weight is 657 g/mol. The van der Waals surface area contributed by atoms with Crippen molar-refractivity contribution >= 4 is 34.9 Å². The van der Waals surface area contributed by atoms with Crippen LogP contribution in [0.4, 0.5) is 10.1 Å². The van der Waals surface area contributed by atoms with Crippen molar-refractivity contribution in [2.24, 2.45) is 5.41 Å². The molecule has 1 aliphatic carbocycles. The fourth-order valence-corrected chi connectivity index (χ4v) is 9.75. The minimum Gasteiger partial charge on any atom is -0.454 e. The Hall–Kier alpha value is -3.45. The molecule has 5 atom stereocenters. The Bertz CT molecular complexity index is 1810. The van der Waals surface area contributed by atoms with Gasteiger partial charge in [-0.1, -0.05) is 104 Å². The highest BCUT2D eigenvalue weighted by Crippen LogP contribution is 2.70. The standard InChI is InChI=1S/C38H36Cl2FN3O2/c1-36(2)16-18-37(19-17-36)38(22-43-28-21-25(39)13-14-27(28)38)29(26-15-20-42-34(40)30(26)41)32-35(45)46-33(24-11-7-4-8-12-24)31(44(32)37)23-9-5-3-6-10-23/h3-15,20-21,29,31-33,43H,16-19,22H2,1-2H3/t29-,31+,32+,33-,38-/m0/s1. The number of nitrogens with zero attached hydrogens (tertiary/aromatic N) is 2. The number of benzene rings is 3. The third-order valence-electron chi connectivity index (χ3n) is 11.5. The first kappa shape index (κ1) is 29.9. The summed E-state index contributed by atoms with van der Waals surface area (Å²) in [6, 6.07) is 26.9. The lowest BCUT2D eigenvalue weighted by molar-refractivity contribution is -0.183. The molecule has 3 fully saturated rings. The van der Waals surface area contributed by atoms with E-state index in [0.29, 0.717) is 17.1 Å². The summed E-state index contributed by atoms with van der Waals surface area (Å²) < 4.78 is 23.0. The second-order valence-electron chi connectivity index (χ2n) is 14.2. The number of carbonyl (C=O) groups excluding carboxylic acids is 1. The van der Waals surface area contributed by atoms with Crippen LogP contribution in [-0.2, 0) is 14.9 Å².